The molecule has 0 aliphatic heterocycles. The molecule has 0 aromatic heterocycles. The molecule has 24 heavy (non-hydrogen) atoms. The molecule has 0 heterocycles. The monoisotopic (exact) mass is 331 g/mol. The number of carboxylic acids is 1. The number of halogens is 1. The Balaban J connectivity index is 2.16. The van der Waals surface area contributed by atoms with E-state index in [1.165, 1.54) is 24.3 Å². The molecule has 0 aliphatic rings. The number of aliphatic carboxylic acids is 1. The first-order valence-electron chi connectivity index (χ1n) is 7.50. The van der Waals surface area contributed by atoms with Gasteiger partial charge < -0.3 is 15.2 Å². The Bertz CT molecular complexity index is 698. The van der Waals surface area contributed by atoms with Gasteiger partial charge in [0.05, 0.1) is 19.1 Å². The highest BCUT2D eigenvalue weighted by atomic mass is 19.1. The highest BCUT2D eigenvalue weighted by Gasteiger charge is 2.19. The average Bonchev–Trinajstić information content (AvgIpc) is 2.55. The Kier molecular flexibility index (Phi) is 5.89. The second kappa shape index (κ2) is 8.10. The van der Waals surface area contributed by atoms with Crippen molar-refractivity contribution in [2.45, 2.75) is 19.4 Å². The Hall–Kier alpha value is -2.89. The van der Waals surface area contributed by atoms with Gasteiger partial charge in [-0.15, -0.1) is 0 Å². The van der Waals surface area contributed by atoms with Crippen molar-refractivity contribution in [3.8, 4) is 5.75 Å². The third-order valence-corrected chi connectivity index (χ3v) is 3.38. The van der Waals surface area contributed by atoms with Crippen LogP contribution in [0.15, 0.2) is 48.5 Å². The van der Waals surface area contributed by atoms with E-state index < -0.39 is 23.7 Å². The zero-order valence-electron chi connectivity index (χ0n) is 13.2. The van der Waals surface area contributed by atoms with E-state index in [0.717, 1.165) is 0 Å². The molecule has 2 aromatic rings. The largest absolute Gasteiger partial charge is 0.494 e. The Morgan fingerprint density at radius 3 is 2.29 bits per heavy atom. The van der Waals surface area contributed by atoms with Crippen molar-refractivity contribution in [3.63, 3.8) is 0 Å². The van der Waals surface area contributed by atoms with Crippen LogP contribution in [-0.4, -0.2) is 23.6 Å². The van der Waals surface area contributed by atoms with Gasteiger partial charge in [-0.25, -0.2) is 4.39 Å². The number of benzene rings is 2. The molecule has 0 bridgehead atoms. The molecule has 1 amide bonds. The normalized spacial score (nSPS) is 11.6. The second-order valence-electron chi connectivity index (χ2n) is 5.13. The molecular formula is C18H18FNO4. The fourth-order valence-corrected chi connectivity index (χ4v) is 2.23. The van der Waals surface area contributed by atoms with Gasteiger partial charge in [0.25, 0.3) is 5.91 Å². The van der Waals surface area contributed by atoms with Crippen molar-refractivity contribution in [1.29, 1.82) is 0 Å². The number of nitrogens with one attached hydrogen (secondary N) is 1. The van der Waals surface area contributed by atoms with Crippen molar-refractivity contribution in [2.75, 3.05) is 6.61 Å². The molecule has 2 aromatic carbocycles. The highest BCUT2D eigenvalue weighted by molar-refractivity contribution is 5.94. The molecule has 6 heteroatoms. The third-order valence-electron chi connectivity index (χ3n) is 3.38. The molecule has 5 nitrogen and oxygen atoms in total. The van der Waals surface area contributed by atoms with Gasteiger partial charge >= 0.3 is 5.97 Å². The minimum Gasteiger partial charge on any atom is -0.494 e. The first-order valence-corrected chi connectivity index (χ1v) is 7.50. The maximum atomic E-state index is 12.9. The minimum absolute atomic E-state index is 0.262. The van der Waals surface area contributed by atoms with E-state index in [0.29, 0.717) is 17.9 Å². The maximum absolute atomic E-state index is 12.9. The maximum Gasteiger partial charge on any atom is 0.305 e. The summed E-state index contributed by atoms with van der Waals surface area (Å²) in [5.41, 5.74) is 0.911. The average molecular weight is 331 g/mol. The van der Waals surface area contributed by atoms with Gasteiger partial charge in [-0.2, -0.15) is 0 Å². The molecule has 0 spiro atoms. The molecule has 2 rings (SSSR count). The summed E-state index contributed by atoms with van der Waals surface area (Å²) in [5, 5.41) is 11.7. The third kappa shape index (κ3) is 4.81. The van der Waals surface area contributed by atoms with Crippen LogP contribution >= 0.6 is 0 Å². The first kappa shape index (κ1) is 17.5. The van der Waals surface area contributed by atoms with Crippen molar-refractivity contribution in [3.05, 3.63) is 65.5 Å². The summed E-state index contributed by atoms with van der Waals surface area (Å²) in [6.45, 7) is 2.39. The predicted molar refractivity (Wildman–Crippen MR) is 86.5 cm³/mol. The van der Waals surface area contributed by atoms with Gasteiger partial charge in [0.1, 0.15) is 11.6 Å². The lowest BCUT2D eigenvalue weighted by atomic mass is 10.0. The van der Waals surface area contributed by atoms with Crippen LogP contribution in [0.25, 0.3) is 0 Å². The molecule has 0 aliphatic carbocycles. The molecule has 1 atom stereocenters. The molecule has 126 valence electrons. The van der Waals surface area contributed by atoms with Crippen LogP contribution in [-0.2, 0) is 4.79 Å². The number of ether oxygens (including phenoxy) is 1. The summed E-state index contributed by atoms with van der Waals surface area (Å²) in [6, 6.07) is 11.2. The van der Waals surface area contributed by atoms with Crippen LogP contribution < -0.4 is 10.1 Å². The van der Waals surface area contributed by atoms with Gasteiger partial charge in [-0.3, -0.25) is 9.59 Å². The smallest absolute Gasteiger partial charge is 0.305 e. The summed E-state index contributed by atoms with van der Waals surface area (Å²) in [7, 11) is 0. The lowest BCUT2D eigenvalue weighted by Gasteiger charge is -2.18. The van der Waals surface area contributed by atoms with Crippen molar-refractivity contribution in [1.82, 2.24) is 5.32 Å². The highest BCUT2D eigenvalue weighted by Crippen LogP contribution is 2.21. The summed E-state index contributed by atoms with van der Waals surface area (Å²) in [5.74, 6) is -1.27. The lowest BCUT2D eigenvalue weighted by molar-refractivity contribution is -0.137. The Morgan fingerprint density at radius 2 is 1.75 bits per heavy atom. The summed E-state index contributed by atoms with van der Waals surface area (Å²) in [4.78, 5) is 23.3. The van der Waals surface area contributed by atoms with E-state index in [1.807, 2.05) is 6.92 Å². The van der Waals surface area contributed by atoms with E-state index in [4.69, 9.17) is 9.84 Å². The van der Waals surface area contributed by atoms with Crippen molar-refractivity contribution >= 4 is 11.9 Å². The van der Waals surface area contributed by atoms with Crippen molar-refractivity contribution < 1.29 is 23.8 Å². The Labute approximate surface area is 139 Å². The van der Waals surface area contributed by atoms with Crippen LogP contribution in [0.2, 0.25) is 0 Å². The van der Waals surface area contributed by atoms with Gasteiger partial charge in [0.15, 0.2) is 0 Å². The van der Waals surface area contributed by atoms with Crippen LogP contribution in [0, 0.1) is 5.82 Å². The first-order chi connectivity index (χ1) is 11.5. The number of carboxylic acid groups (broad SMARTS) is 1. The van der Waals surface area contributed by atoms with E-state index in [9.17, 15) is 14.0 Å². The van der Waals surface area contributed by atoms with Crippen LogP contribution in [0.1, 0.15) is 35.3 Å². The molecule has 0 saturated carbocycles. The SMILES string of the molecule is CCOc1ccc(C(CC(=O)O)NC(=O)c2ccc(F)cc2)cc1. The fraction of sp³-hybridized carbons (Fsp3) is 0.222. The summed E-state index contributed by atoms with van der Waals surface area (Å²) < 4.78 is 18.3. The van der Waals surface area contributed by atoms with E-state index in [2.05, 4.69) is 5.32 Å². The van der Waals surface area contributed by atoms with E-state index in [-0.39, 0.29) is 12.0 Å². The molecule has 0 fully saturated rings. The molecule has 2 N–H and O–H groups in total. The van der Waals surface area contributed by atoms with E-state index >= 15 is 0 Å². The van der Waals surface area contributed by atoms with Gasteiger partial charge in [0.2, 0.25) is 0 Å². The molecule has 1 unspecified atom stereocenters. The van der Waals surface area contributed by atoms with Gasteiger partial charge in [-0.1, -0.05) is 12.1 Å². The fourth-order valence-electron chi connectivity index (χ4n) is 2.23. The van der Waals surface area contributed by atoms with Crippen LogP contribution in [0.3, 0.4) is 0 Å². The lowest BCUT2D eigenvalue weighted by Crippen LogP contribution is -2.30. The number of carbonyl (C=O) groups excluding carboxylic acids is 1. The number of hydrogen-bond acceptors (Lipinski definition) is 3. The van der Waals surface area contributed by atoms with Gasteiger partial charge in [-0.05, 0) is 48.9 Å². The van der Waals surface area contributed by atoms with Crippen LogP contribution in [0.4, 0.5) is 4.39 Å². The Morgan fingerprint density at radius 1 is 1.12 bits per heavy atom. The number of rotatable bonds is 7. The topological polar surface area (TPSA) is 75.6 Å². The summed E-state index contributed by atoms with van der Waals surface area (Å²) in [6.07, 6.45) is -0.263. The molecular weight excluding hydrogens is 313 g/mol. The van der Waals surface area contributed by atoms with Gasteiger partial charge in [0, 0.05) is 5.56 Å². The second-order valence-corrected chi connectivity index (χ2v) is 5.13. The number of hydrogen-bond donors (Lipinski definition) is 2. The molecule has 0 radical (unpaired) electrons. The predicted octanol–water partition coefficient (Wildman–Crippen LogP) is 3.17. The van der Waals surface area contributed by atoms with E-state index in [1.54, 1.807) is 24.3 Å². The minimum atomic E-state index is -1.03. The molecule has 0 saturated heterocycles. The number of carbonyl (C=O) groups is 2. The standard InChI is InChI=1S/C18H18FNO4/c1-2-24-15-9-5-12(6-10-15)16(11-17(21)22)20-18(23)13-3-7-14(19)8-4-13/h3-10,16H,2,11H2,1H3,(H,20,23)(H,21,22). The number of amides is 1. The quantitative estimate of drug-likeness (QED) is 0.817. The van der Waals surface area contributed by atoms with Crippen LogP contribution in [0.5, 0.6) is 5.75 Å². The zero-order chi connectivity index (χ0) is 17.5. The summed E-state index contributed by atoms with van der Waals surface area (Å²) >= 11 is 0. The zero-order valence-corrected chi connectivity index (χ0v) is 13.2. The van der Waals surface area contributed by atoms with Crippen molar-refractivity contribution in [2.24, 2.45) is 0 Å².